The monoisotopic (exact) mass is 386 g/mol. The number of nitrogens with one attached hydrogen (secondary N) is 2. The van der Waals surface area contributed by atoms with Crippen molar-refractivity contribution in [2.45, 2.75) is 26.7 Å². The molecule has 2 N–H and O–H groups in total. The van der Waals surface area contributed by atoms with E-state index in [1.54, 1.807) is 6.07 Å². The first kappa shape index (κ1) is 16.7. The average molecular weight is 387 g/mol. The van der Waals surface area contributed by atoms with Gasteiger partial charge in [0.25, 0.3) is 0 Å². The van der Waals surface area contributed by atoms with Crippen LogP contribution in [0, 0.1) is 19.3 Å². The summed E-state index contributed by atoms with van der Waals surface area (Å²) >= 11 is 3.40. The van der Waals surface area contributed by atoms with Crippen molar-refractivity contribution in [2.75, 3.05) is 10.6 Å². The molecule has 3 rings (SSSR count). The Morgan fingerprint density at radius 3 is 2.12 bits per heavy atom. The lowest BCUT2D eigenvalue weighted by molar-refractivity contribution is -0.131. The standard InChI is InChI=1S/C19H19BrN2O2/c1-12-6-5-9-15(13(12)2)21-17(23)19(10-11-19)18(24)22-16-8-4-3-7-14(16)20/h3-9H,10-11H2,1-2H3,(H,21,23)(H,22,24). The summed E-state index contributed by atoms with van der Waals surface area (Å²) in [6.07, 6.45) is 1.14. The van der Waals surface area contributed by atoms with E-state index in [0.29, 0.717) is 18.5 Å². The predicted octanol–water partition coefficient (Wildman–Crippen LogP) is 4.42. The Morgan fingerprint density at radius 2 is 1.50 bits per heavy atom. The van der Waals surface area contributed by atoms with Crippen LogP contribution in [0.4, 0.5) is 11.4 Å². The highest BCUT2D eigenvalue weighted by Gasteiger charge is 2.56. The minimum atomic E-state index is -0.967. The zero-order valence-corrected chi connectivity index (χ0v) is 15.2. The SMILES string of the molecule is Cc1cccc(NC(=O)C2(C(=O)Nc3ccccc3Br)CC2)c1C. The number of anilines is 2. The van der Waals surface area contributed by atoms with E-state index in [1.807, 2.05) is 50.2 Å². The average Bonchev–Trinajstić information content (AvgIpc) is 3.36. The van der Waals surface area contributed by atoms with E-state index in [1.165, 1.54) is 0 Å². The number of benzene rings is 2. The van der Waals surface area contributed by atoms with E-state index in [9.17, 15) is 9.59 Å². The largest absolute Gasteiger partial charge is 0.325 e. The Hall–Kier alpha value is -2.14. The Morgan fingerprint density at radius 1 is 0.917 bits per heavy atom. The molecule has 0 aromatic heterocycles. The number of carbonyl (C=O) groups is 2. The van der Waals surface area contributed by atoms with Gasteiger partial charge in [-0.3, -0.25) is 9.59 Å². The number of para-hydroxylation sites is 1. The van der Waals surface area contributed by atoms with Gasteiger partial charge in [0.05, 0.1) is 5.69 Å². The molecule has 1 fully saturated rings. The topological polar surface area (TPSA) is 58.2 Å². The highest BCUT2D eigenvalue weighted by molar-refractivity contribution is 9.10. The van der Waals surface area contributed by atoms with E-state index in [4.69, 9.17) is 0 Å². The summed E-state index contributed by atoms with van der Waals surface area (Å²) in [5.41, 5.74) is 2.60. The fourth-order valence-electron chi connectivity index (χ4n) is 2.62. The number of amides is 2. The van der Waals surface area contributed by atoms with E-state index in [-0.39, 0.29) is 11.8 Å². The molecule has 0 unspecified atom stereocenters. The molecule has 2 aromatic carbocycles. The minimum absolute atomic E-state index is 0.235. The van der Waals surface area contributed by atoms with Crippen LogP contribution in [-0.2, 0) is 9.59 Å². The molecule has 0 atom stereocenters. The van der Waals surface area contributed by atoms with Crippen molar-refractivity contribution in [3.63, 3.8) is 0 Å². The summed E-state index contributed by atoms with van der Waals surface area (Å²) in [6, 6.07) is 13.1. The summed E-state index contributed by atoms with van der Waals surface area (Å²) in [6.45, 7) is 3.96. The van der Waals surface area contributed by atoms with Gasteiger partial charge in [0, 0.05) is 10.2 Å². The van der Waals surface area contributed by atoms with E-state index < -0.39 is 5.41 Å². The van der Waals surface area contributed by atoms with Gasteiger partial charge in [-0.1, -0.05) is 24.3 Å². The molecule has 1 saturated carbocycles. The fraction of sp³-hybridized carbons (Fsp3) is 0.263. The zero-order chi connectivity index (χ0) is 17.3. The van der Waals surface area contributed by atoms with Gasteiger partial charge in [-0.15, -0.1) is 0 Å². The van der Waals surface area contributed by atoms with Gasteiger partial charge >= 0.3 is 0 Å². The molecular weight excluding hydrogens is 368 g/mol. The molecule has 2 aromatic rings. The number of halogens is 1. The summed E-state index contributed by atoms with van der Waals surface area (Å²) in [7, 11) is 0. The molecule has 1 aliphatic carbocycles. The molecule has 0 aliphatic heterocycles. The summed E-state index contributed by atoms with van der Waals surface area (Å²) < 4.78 is 0.795. The van der Waals surface area contributed by atoms with Gasteiger partial charge < -0.3 is 10.6 Å². The van der Waals surface area contributed by atoms with Crippen LogP contribution in [0.25, 0.3) is 0 Å². The van der Waals surface area contributed by atoms with Crippen molar-refractivity contribution in [3.05, 3.63) is 58.1 Å². The van der Waals surface area contributed by atoms with Crippen LogP contribution in [-0.4, -0.2) is 11.8 Å². The van der Waals surface area contributed by atoms with E-state index in [2.05, 4.69) is 26.6 Å². The van der Waals surface area contributed by atoms with Gasteiger partial charge in [-0.05, 0) is 71.9 Å². The number of hydrogen-bond acceptors (Lipinski definition) is 2. The third kappa shape index (κ3) is 3.08. The lowest BCUT2D eigenvalue weighted by Gasteiger charge is -2.17. The molecule has 0 spiro atoms. The van der Waals surface area contributed by atoms with Crippen LogP contribution >= 0.6 is 15.9 Å². The van der Waals surface area contributed by atoms with Crippen molar-refractivity contribution in [1.82, 2.24) is 0 Å². The summed E-state index contributed by atoms with van der Waals surface area (Å²) in [5, 5.41) is 5.78. The molecule has 2 amide bonds. The van der Waals surface area contributed by atoms with Crippen molar-refractivity contribution in [2.24, 2.45) is 5.41 Å². The first-order chi connectivity index (χ1) is 11.4. The Kier molecular flexibility index (Phi) is 4.45. The highest BCUT2D eigenvalue weighted by atomic mass is 79.9. The van der Waals surface area contributed by atoms with Gasteiger partial charge in [-0.25, -0.2) is 0 Å². The zero-order valence-electron chi connectivity index (χ0n) is 13.7. The Labute approximate surface area is 149 Å². The highest BCUT2D eigenvalue weighted by Crippen LogP contribution is 2.48. The number of aryl methyl sites for hydroxylation is 1. The fourth-order valence-corrected chi connectivity index (χ4v) is 3.00. The number of rotatable bonds is 4. The normalized spacial score (nSPS) is 14.8. The molecule has 1 aliphatic rings. The first-order valence-electron chi connectivity index (χ1n) is 7.88. The van der Waals surface area contributed by atoms with Gasteiger partial charge in [-0.2, -0.15) is 0 Å². The quantitative estimate of drug-likeness (QED) is 0.763. The van der Waals surface area contributed by atoms with Crippen molar-refractivity contribution in [3.8, 4) is 0 Å². The lowest BCUT2D eigenvalue weighted by Crippen LogP contribution is -2.35. The molecule has 24 heavy (non-hydrogen) atoms. The third-order valence-electron chi connectivity index (χ3n) is 4.59. The molecule has 0 bridgehead atoms. The summed E-state index contributed by atoms with van der Waals surface area (Å²) in [4.78, 5) is 25.3. The Bertz CT molecular complexity index is 813. The third-order valence-corrected chi connectivity index (χ3v) is 5.29. The van der Waals surface area contributed by atoms with Crippen molar-refractivity contribution >= 4 is 39.1 Å². The van der Waals surface area contributed by atoms with Crippen LogP contribution in [0.1, 0.15) is 24.0 Å². The van der Waals surface area contributed by atoms with Crippen LogP contribution in [0.3, 0.4) is 0 Å². The summed E-state index contributed by atoms with van der Waals surface area (Å²) in [5.74, 6) is -0.488. The van der Waals surface area contributed by atoms with Crippen molar-refractivity contribution < 1.29 is 9.59 Å². The molecular formula is C19H19BrN2O2. The van der Waals surface area contributed by atoms with Gasteiger partial charge in [0.15, 0.2) is 0 Å². The molecule has 0 heterocycles. The van der Waals surface area contributed by atoms with Crippen molar-refractivity contribution in [1.29, 1.82) is 0 Å². The first-order valence-corrected chi connectivity index (χ1v) is 8.67. The molecule has 0 saturated heterocycles. The molecule has 0 radical (unpaired) electrons. The predicted molar refractivity (Wildman–Crippen MR) is 99.0 cm³/mol. The van der Waals surface area contributed by atoms with E-state index >= 15 is 0 Å². The lowest BCUT2D eigenvalue weighted by atomic mass is 10.0. The smallest absolute Gasteiger partial charge is 0.240 e. The maximum atomic E-state index is 12.7. The minimum Gasteiger partial charge on any atom is -0.325 e. The molecule has 124 valence electrons. The maximum Gasteiger partial charge on any atom is 0.240 e. The number of hydrogen-bond donors (Lipinski definition) is 2. The van der Waals surface area contributed by atoms with Crippen LogP contribution in [0.15, 0.2) is 46.9 Å². The second-order valence-corrected chi connectivity index (χ2v) is 7.07. The molecule has 4 nitrogen and oxygen atoms in total. The second kappa shape index (κ2) is 6.40. The Balaban J connectivity index is 1.76. The second-order valence-electron chi connectivity index (χ2n) is 6.22. The van der Waals surface area contributed by atoms with Gasteiger partial charge in [0.1, 0.15) is 5.41 Å². The van der Waals surface area contributed by atoms with E-state index in [0.717, 1.165) is 21.3 Å². The maximum absolute atomic E-state index is 12.7. The van der Waals surface area contributed by atoms with Crippen LogP contribution in [0.5, 0.6) is 0 Å². The number of carbonyl (C=O) groups excluding carboxylic acids is 2. The van der Waals surface area contributed by atoms with Gasteiger partial charge in [0.2, 0.25) is 11.8 Å². The molecule has 5 heteroatoms. The van der Waals surface area contributed by atoms with Crippen LogP contribution in [0.2, 0.25) is 0 Å². The van der Waals surface area contributed by atoms with Crippen LogP contribution < -0.4 is 10.6 Å².